The Bertz CT molecular complexity index is 714. The van der Waals surface area contributed by atoms with Crippen molar-refractivity contribution in [3.8, 4) is 0 Å². The van der Waals surface area contributed by atoms with E-state index in [9.17, 15) is 4.79 Å². The van der Waals surface area contributed by atoms with Gasteiger partial charge < -0.3 is 5.32 Å². The summed E-state index contributed by atoms with van der Waals surface area (Å²) >= 11 is 5.10. The van der Waals surface area contributed by atoms with E-state index in [2.05, 4.69) is 46.4 Å². The number of fused-ring (bicyclic) bond motifs is 1. The SMILES string of the molecule is Cc1ccc2c(c1)S[C@H](C(=O)Nc1ccc(Br)cc1C)C2. The molecule has 0 fully saturated rings. The van der Waals surface area contributed by atoms with Crippen molar-refractivity contribution in [2.75, 3.05) is 5.32 Å². The number of anilines is 1. The first kappa shape index (κ1) is 14.7. The van der Waals surface area contributed by atoms with Gasteiger partial charge in [-0.15, -0.1) is 11.8 Å². The summed E-state index contributed by atoms with van der Waals surface area (Å²) in [7, 11) is 0. The van der Waals surface area contributed by atoms with Crippen molar-refractivity contribution in [2.45, 2.75) is 30.4 Å². The number of nitrogens with one attached hydrogen (secondary N) is 1. The molecule has 21 heavy (non-hydrogen) atoms. The lowest BCUT2D eigenvalue weighted by Crippen LogP contribution is -2.25. The molecule has 1 amide bonds. The number of halogens is 1. The lowest BCUT2D eigenvalue weighted by Gasteiger charge is -2.12. The van der Waals surface area contributed by atoms with E-state index >= 15 is 0 Å². The maximum Gasteiger partial charge on any atom is 0.238 e. The van der Waals surface area contributed by atoms with Crippen LogP contribution in [0.5, 0.6) is 0 Å². The van der Waals surface area contributed by atoms with Gasteiger partial charge in [-0.1, -0.05) is 33.6 Å². The molecule has 2 aromatic carbocycles. The van der Waals surface area contributed by atoms with Crippen molar-refractivity contribution in [3.05, 3.63) is 57.6 Å². The molecule has 0 spiro atoms. The quantitative estimate of drug-likeness (QED) is 0.838. The number of aryl methyl sites for hydroxylation is 2. The summed E-state index contributed by atoms with van der Waals surface area (Å²) in [5.41, 5.74) is 4.47. The largest absolute Gasteiger partial charge is 0.325 e. The molecule has 0 saturated heterocycles. The highest BCUT2D eigenvalue weighted by Crippen LogP contribution is 2.38. The van der Waals surface area contributed by atoms with Crippen LogP contribution in [0.3, 0.4) is 0 Å². The van der Waals surface area contributed by atoms with Crippen LogP contribution in [0.15, 0.2) is 45.8 Å². The Morgan fingerprint density at radius 2 is 2.05 bits per heavy atom. The summed E-state index contributed by atoms with van der Waals surface area (Å²) in [4.78, 5) is 13.7. The van der Waals surface area contributed by atoms with Crippen molar-refractivity contribution in [1.29, 1.82) is 0 Å². The van der Waals surface area contributed by atoms with E-state index in [1.165, 1.54) is 16.0 Å². The standard InChI is InChI=1S/C17H16BrNOS/c1-10-3-4-12-9-16(21-15(12)7-10)17(20)19-14-6-5-13(18)8-11(14)2/h3-8,16H,9H2,1-2H3,(H,19,20)/t16-/m0/s1. The van der Waals surface area contributed by atoms with Crippen LogP contribution in [0.4, 0.5) is 5.69 Å². The molecule has 2 aromatic rings. The number of benzene rings is 2. The summed E-state index contributed by atoms with van der Waals surface area (Å²) in [6.07, 6.45) is 0.807. The van der Waals surface area contributed by atoms with Crippen LogP contribution in [0.1, 0.15) is 16.7 Å². The highest BCUT2D eigenvalue weighted by Gasteiger charge is 2.28. The summed E-state index contributed by atoms with van der Waals surface area (Å²) in [5, 5.41) is 3.01. The van der Waals surface area contributed by atoms with E-state index in [-0.39, 0.29) is 11.2 Å². The van der Waals surface area contributed by atoms with Crippen LogP contribution in [0, 0.1) is 13.8 Å². The Labute approximate surface area is 137 Å². The van der Waals surface area contributed by atoms with Crippen LogP contribution in [-0.4, -0.2) is 11.2 Å². The van der Waals surface area contributed by atoms with Gasteiger partial charge in [-0.3, -0.25) is 4.79 Å². The van der Waals surface area contributed by atoms with E-state index < -0.39 is 0 Å². The number of rotatable bonds is 2. The molecule has 4 heteroatoms. The number of carbonyl (C=O) groups is 1. The van der Waals surface area contributed by atoms with Gasteiger partial charge in [0, 0.05) is 15.1 Å². The molecule has 1 aliphatic rings. The van der Waals surface area contributed by atoms with Gasteiger partial charge in [0.1, 0.15) is 0 Å². The van der Waals surface area contributed by atoms with Crippen molar-refractivity contribution in [3.63, 3.8) is 0 Å². The molecule has 1 atom stereocenters. The van der Waals surface area contributed by atoms with Crippen molar-refractivity contribution < 1.29 is 4.79 Å². The predicted octanol–water partition coefficient (Wildman–Crippen LogP) is 4.72. The van der Waals surface area contributed by atoms with Gasteiger partial charge in [-0.25, -0.2) is 0 Å². The monoisotopic (exact) mass is 361 g/mol. The smallest absolute Gasteiger partial charge is 0.238 e. The molecule has 2 nitrogen and oxygen atoms in total. The Balaban J connectivity index is 1.73. The molecule has 0 unspecified atom stereocenters. The molecule has 108 valence electrons. The maximum absolute atomic E-state index is 12.5. The summed E-state index contributed by atoms with van der Waals surface area (Å²) in [5.74, 6) is 0.0827. The Kier molecular flexibility index (Phi) is 4.09. The van der Waals surface area contributed by atoms with Crippen LogP contribution < -0.4 is 5.32 Å². The zero-order valence-corrected chi connectivity index (χ0v) is 14.3. The number of thioether (sulfide) groups is 1. The molecule has 1 N–H and O–H groups in total. The van der Waals surface area contributed by atoms with Gasteiger partial charge in [0.2, 0.25) is 5.91 Å². The minimum atomic E-state index is -0.0372. The molecule has 1 heterocycles. The molecular weight excluding hydrogens is 346 g/mol. The lowest BCUT2D eigenvalue weighted by molar-refractivity contribution is -0.115. The molecule has 0 saturated carbocycles. The van der Waals surface area contributed by atoms with Crippen LogP contribution in [-0.2, 0) is 11.2 Å². The van der Waals surface area contributed by atoms with Crippen LogP contribution >= 0.6 is 27.7 Å². The minimum absolute atomic E-state index is 0.0372. The fraction of sp³-hybridized carbons (Fsp3) is 0.235. The van der Waals surface area contributed by atoms with E-state index in [1.54, 1.807) is 11.8 Å². The molecular formula is C17H16BrNOS. The summed E-state index contributed by atoms with van der Waals surface area (Å²) in [6.45, 7) is 4.08. The Morgan fingerprint density at radius 3 is 2.81 bits per heavy atom. The van der Waals surface area contributed by atoms with E-state index in [1.807, 2.05) is 25.1 Å². The topological polar surface area (TPSA) is 29.1 Å². The fourth-order valence-corrected chi connectivity index (χ4v) is 4.23. The molecule has 0 radical (unpaired) electrons. The third kappa shape index (κ3) is 3.16. The van der Waals surface area contributed by atoms with E-state index in [4.69, 9.17) is 0 Å². The average Bonchev–Trinajstić information content (AvgIpc) is 2.85. The molecule has 3 rings (SSSR count). The second-order valence-electron chi connectivity index (χ2n) is 5.37. The summed E-state index contributed by atoms with van der Waals surface area (Å²) in [6, 6.07) is 12.3. The number of hydrogen-bond acceptors (Lipinski definition) is 2. The first-order valence-electron chi connectivity index (χ1n) is 6.86. The lowest BCUT2D eigenvalue weighted by atomic mass is 10.1. The normalized spacial score (nSPS) is 16.6. The van der Waals surface area contributed by atoms with Gasteiger partial charge in [-0.2, -0.15) is 0 Å². The third-order valence-corrected chi connectivity index (χ3v) is 5.43. The van der Waals surface area contributed by atoms with Gasteiger partial charge in [0.05, 0.1) is 5.25 Å². The highest BCUT2D eigenvalue weighted by atomic mass is 79.9. The fourth-order valence-electron chi connectivity index (χ4n) is 2.46. The maximum atomic E-state index is 12.5. The first-order chi connectivity index (χ1) is 10.0. The molecule has 1 aliphatic heterocycles. The van der Waals surface area contributed by atoms with E-state index in [0.717, 1.165) is 22.1 Å². The third-order valence-electron chi connectivity index (χ3n) is 3.64. The van der Waals surface area contributed by atoms with Gasteiger partial charge >= 0.3 is 0 Å². The highest BCUT2D eigenvalue weighted by molar-refractivity contribution is 9.10. The minimum Gasteiger partial charge on any atom is -0.325 e. The van der Waals surface area contributed by atoms with Gasteiger partial charge in [-0.05, 0) is 55.7 Å². The van der Waals surface area contributed by atoms with Gasteiger partial charge in [0.25, 0.3) is 0 Å². The molecule has 0 aromatic heterocycles. The predicted molar refractivity (Wildman–Crippen MR) is 92.0 cm³/mol. The first-order valence-corrected chi connectivity index (χ1v) is 8.53. The van der Waals surface area contributed by atoms with Gasteiger partial charge in [0.15, 0.2) is 0 Å². The summed E-state index contributed by atoms with van der Waals surface area (Å²) < 4.78 is 1.02. The molecule has 0 aliphatic carbocycles. The van der Waals surface area contributed by atoms with Crippen molar-refractivity contribution in [2.24, 2.45) is 0 Å². The average molecular weight is 362 g/mol. The number of amides is 1. The van der Waals surface area contributed by atoms with Crippen LogP contribution in [0.25, 0.3) is 0 Å². The zero-order chi connectivity index (χ0) is 15.0. The zero-order valence-electron chi connectivity index (χ0n) is 11.9. The van der Waals surface area contributed by atoms with E-state index in [0.29, 0.717) is 0 Å². The Morgan fingerprint density at radius 1 is 1.24 bits per heavy atom. The van der Waals surface area contributed by atoms with Crippen LogP contribution in [0.2, 0.25) is 0 Å². The second-order valence-corrected chi connectivity index (χ2v) is 7.53. The number of carbonyl (C=O) groups excluding carboxylic acids is 1. The Hall–Kier alpha value is -1.26. The van der Waals surface area contributed by atoms with Crippen molar-refractivity contribution >= 4 is 39.3 Å². The second kappa shape index (κ2) is 5.85. The molecule has 0 bridgehead atoms. The van der Waals surface area contributed by atoms with Crippen molar-refractivity contribution in [1.82, 2.24) is 0 Å². The number of hydrogen-bond donors (Lipinski definition) is 1.